The van der Waals surface area contributed by atoms with Crippen molar-refractivity contribution in [3.8, 4) is 22.4 Å². The zero-order valence-corrected chi connectivity index (χ0v) is 16.1. The number of hydrogen-bond acceptors (Lipinski definition) is 1. The van der Waals surface area contributed by atoms with E-state index in [1.54, 1.807) is 0 Å². The monoisotopic (exact) mass is 427 g/mol. The predicted octanol–water partition coefficient (Wildman–Crippen LogP) is 7.64. The first kappa shape index (κ1) is 16.6. The van der Waals surface area contributed by atoms with Gasteiger partial charge in [0.05, 0.1) is 11.2 Å². The molecule has 0 aliphatic heterocycles. The Morgan fingerprint density at radius 1 is 0.760 bits per heavy atom. The third-order valence-electron chi connectivity index (χ3n) is 4.07. The summed E-state index contributed by atoms with van der Waals surface area (Å²) in [5.41, 5.74) is 4.83. The second-order valence-electron chi connectivity index (χ2n) is 5.70. The van der Waals surface area contributed by atoms with Crippen LogP contribution in [0.3, 0.4) is 0 Å². The Balaban J connectivity index is 2.03. The summed E-state index contributed by atoms with van der Waals surface area (Å²) in [4.78, 5) is 4.82. The Labute approximate surface area is 164 Å². The Kier molecular flexibility index (Phi) is 4.51. The molecule has 0 radical (unpaired) electrons. The molecule has 1 aromatic heterocycles. The summed E-state index contributed by atoms with van der Waals surface area (Å²) in [5.74, 6) is 0. The molecule has 4 aromatic rings. The fourth-order valence-electron chi connectivity index (χ4n) is 2.87. The van der Waals surface area contributed by atoms with Crippen molar-refractivity contribution in [1.82, 2.24) is 4.98 Å². The standard InChI is InChI=1S/C21H12BrCl2N/c22-14-7-5-13(6-8-14)21-12-17(16-3-1-2-4-19(16)24)18-11-15(23)9-10-20(18)25-21/h1-12H. The number of benzene rings is 3. The number of pyridine rings is 1. The Hall–Kier alpha value is -1.87. The van der Waals surface area contributed by atoms with Crippen molar-refractivity contribution in [2.45, 2.75) is 0 Å². The van der Waals surface area contributed by atoms with Crippen LogP contribution in [0.15, 0.2) is 77.3 Å². The van der Waals surface area contributed by atoms with Gasteiger partial charge in [-0.1, -0.05) is 69.5 Å². The Morgan fingerprint density at radius 2 is 1.52 bits per heavy atom. The van der Waals surface area contributed by atoms with Crippen LogP contribution in [-0.2, 0) is 0 Å². The normalized spacial score (nSPS) is 11.0. The maximum atomic E-state index is 6.46. The van der Waals surface area contributed by atoms with Gasteiger partial charge in [0, 0.05) is 31.0 Å². The average Bonchev–Trinajstić information content (AvgIpc) is 2.62. The molecule has 0 spiro atoms. The van der Waals surface area contributed by atoms with E-state index in [9.17, 15) is 0 Å². The van der Waals surface area contributed by atoms with Gasteiger partial charge in [-0.05, 0) is 48.0 Å². The van der Waals surface area contributed by atoms with E-state index in [-0.39, 0.29) is 0 Å². The van der Waals surface area contributed by atoms with Crippen LogP contribution in [0, 0.1) is 0 Å². The maximum absolute atomic E-state index is 6.46. The highest BCUT2D eigenvalue weighted by atomic mass is 79.9. The lowest BCUT2D eigenvalue weighted by molar-refractivity contribution is 1.39. The van der Waals surface area contributed by atoms with Crippen molar-refractivity contribution in [3.63, 3.8) is 0 Å². The minimum atomic E-state index is 0.680. The summed E-state index contributed by atoms with van der Waals surface area (Å²) < 4.78 is 1.04. The molecule has 0 amide bonds. The van der Waals surface area contributed by atoms with Crippen molar-refractivity contribution < 1.29 is 0 Å². The molecular weight excluding hydrogens is 417 g/mol. The molecule has 0 saturated heterocycles. The van der Waals surface area contributed by atoms with Gasteiger partial charge in [0.1, 0.15) is 0 Å². The molecule has 0 fully saturated rings. The van der Waals surface area contributed by atoms with Crippen molar-refractivity contribution in [3.05, 3.63) is 87.3 Å². The highest BCUT2D eigenvalue weighted by Gasteiger charge is 2.12. The molecule has 0 aliphatic carbocycles. The number of rotatable bonds is 2. The summed E-state index contributed by atoms with van der Waals surface area (Å²) in [6.45, 7) is 0. The molecule has 25 heavy (non-hydrogen) atoms. The molecule has 1 heterocycles. The summed E-state index contributed by atoms with van der Waals surface area (Å²) in [5, 5.41) is 2.37. The molecule has 0 aliphatic rings. The second-order valence-corrected chi connectivity index (χ2v) is 7.46. The first-order valence-corrected chi connectivity index (χ1v) is 9.28. The quantitative estimate of drug-likeness (QED) is 0.319. The van der Waals surface area contributed by atoms with Crippen LogP contribution >= 0.6 is 39.1 Å². The van der Waals surface area contributed by atoms with Gasteiger partial charge in [-0.25, -0.2) is 4.98 Å². The summed E-state index contributed by atoms with van der Waals surface area (Å²) >= 11 is 16.2. The number of fused-ring (bicyclic) bond motifs is 1. The topological polar surface area (TPSA) is 12.9 Å². The smallest absolute Gasteiger partial charge is 0.0716 e. The van der Waals surface area contributed by atoms with Crippen LogP contribution < -0.4 is 0 Å². The van der Waals surface area contributed by atoms with Crippen molar-refractivity contribution in [2.75, 3.05) is 0 Å². The van der Waals surface area contributed by atoms with Crippen LogP contribution in [0.5, 0.6) is 0 Å². The minimum absolute atomic E-state index is 0.680. The molecule has 0 atom stereocenters. The highest BCUT2D eigenvalue weighted by molar-refractivity contribution is 9.10. The van der Waals surface area contributed by atoms with Crippen molar-refractivity contribution in [2.24, 2.45) is 0 Å². The van der Waals surface area contributed by atoms with Crippen LogP contribution in [-0.4, -0.2) is 4.98 Å². The van der Waals surface area contributed by atoms with Gasteiger partial charge in [-0.3, -0.25) is 0 Å². The SMILES string of the molecule is Clc1ccc2nc(-c3ccc(Br)cc3)cc(-c3ccccc3Cl)c2c1. The van der Waals surface area contributed by atoms with E-state index in [0.29, 0.717) is 10.0 Å². The van der Waals surface area contributed by atoms with E-state index in [2.05, 4.69) is 22.0 Å². The molecule has 0 saturated carbocycles. The Bertz CT molecular complexity index is 1070. The van der Waals surface area contributed by atoms with Gasteiger partial charge < -0.3 is 0 Å². The van der Waals surface area contributed by atoms with Crippen LogP contribution in [0.4, 0.5) is 0 Å². The van der Waals surface area contributed by atoms with Gasteiger partial charge in [-0.2, -0.15) is 0 Å². The van der Waals surface area contributed by atoms with Crippen molar-refractivity contribution >= 4 is 50.0 Å². The second kappa shape index (κ2) is 6.80. The van der Waals surface area contributed by atoms with E-state index >= 15 is 0 Å². The zero-order valence-electron chi connectivity index (χ0n) is 13.0. The molecule has 0 bridgehead atoms. The maximum Gasteiger partial charge on any atom is 0.0716 e. The first-order chi connectivity index (χ1) is 12.1. The van der Waals surface area contributed by atoms with Crippen LogP contribution in [0.25, 0.3) is 33.3 Å². The van der Waals surface area contributed by atoms with E-state index < -0.39 is 0 Å². The molecule has 122 valence electrons. The molecule has 4 heteroatoms. The Morgan fingerprint density at radius 3 is 2.28 bits per heavy atom. The fourth-order valence-corrected chi connectivity index (χ4v) is 3.54. The lowest BCUT2D eigenvalue weighted by Crippen LogP contribution is -1.90. The molecular formula is C21H12BrCl2N. The molecule has 0 unspecified atom stereocenters. The van der Waals surface area contributed by atoms with Crippen LogP contribution in [0.2, 0.25) is 10.0 Å². The van der Waals surface area contributed by atoms with Gasteiger partial charge in [-0.15, -0.1) is 0 Å². The highest BCUT2D eigenvalue weighted by Crippen LogP contribution is 2.36. The number of aromatic nitrogens is 1. The minimum Gasteiger partial charge on any atom is -0.248 e. The summed E-state index contributed by atoms with van der Waals surface area (Å²) in [6, 6.07) is 23.8. The third-order valence-corrected chi connectivity index (χ3v) is 5.17. The van der Waals surface area contributed by atoms with Gasteiger partial charge in [0.15, 0.2) is 0 Å². The number of halogens is 3. The fraction of sp³-hybridized carbons (Fsp3) is 0. The van der Waals surface area contributed by atoms with Gasteiger partial charge >= 0.3 is 0 Å². The van der Waals surface area contributed by atoms with Crippen LogP contribution in [0.1, 0.15) is 0 Å². The molecule has 1 nitrogen and oxygen atoms in total. The summed E-state index contributed by atoms with van der Waals surface area (Å²) in [7, 11) is 0. The lowest BCUT2D eigenvalue weighted by atomic mass is 9.98. The number of nitrogens with zero attached hydrogens (tertiary/aromatic N) is 1. The number of hydrogen-bond donors (Lipinski definition) is 0. The predicted molar refractivity (Wildman–Crippen MR) is 110 cm³/mol. The van der Waals surface area contributed by atoms with Gasteiger partial charge in [0.25, 0.3) is 0 Å². The first-order valence-electron chi connectivity index (χ1n) is 7.73. The van der Waals surface area contributed by atoms with E-state index in [4.69, 9.17) is 28.2 Å². The molecule has 3 aromatic carbocycles. The molecule has 0 N–H and O–H groups in total. The molecule has 4 rings (SSSR count). The zero-order chi connectivity index (χ0) is 17.4. The van der Waals surface area contributed by atoms with Gasteiger partial charge in [0.2, 0.25) is 0 Å². The average molecular weight is 429 g/mol. The lowest BCUT2D eigenvalue weighted by Gasteiger charge is -2.12. The third kappa shape index (κ3) is 3.30. The largest absolute Gasteiger partial charge is 0.248 e. The van der Waals surface area contributed by atoms with E-state index in [1.807, 2.05) is 66.7 Å². The van der Waals surface area contributed by atoms with E-state index in [0.717, 1.165) is 37.8 Å². The van der Waals surface area contributed by atoms with E-state index in [1.165, 1.54) is 0 Å². The summed E-state index contributed by atoms with van der Waals surface area (Å²) in [6.07, 6.45) is 0. The van der Waals surface area contributed by atoms with Crippen molar-refractivity contribution in [1.29, 1.82) is 0 Å².